The van der Waals surface area contributed by atoms with E-state index < -0.39 is 0 Å². The molecule has 2 atom stereocenters. The van der Waals surface area contributed by atoms with Crippen LogP contribution in [0.15, 0.2) is 34.9 Å². The average Bonchev–Trinajstić information content (AvgIpc) is 2.95. The van der Waals surface area contributed by atoms with Crippen molar-refractivity contribution < 1.29 is 4.52 Å². The number of aromatic nitrogens is 2. The molecule has 1 aliphatic rings. The second kappa shape index (κ2) is 5.60. The minimum atomic E-state index is -0.177. The summed E-state index contributed by atoms with van der Waals surface area (Å²) < 4.78 is 5.47. The van der Waals surface area contributed by atoms with Crippen molar-refractivity contribution in [2.24, 2.45) is 11.7 Å². The van der Waals surface area contributed by atoms with Crippen molar-refractivity contribution >= 4 is 0 Å². The minimum absolute atomic E-state index is 0.0712. The fourth-order valence-electron chi connectivity index (χ4n) is 2.99. The minimum Gasteiger partial charge on any atom is -0.338 e. The van der Waals surface area contributed by atoms with Gasteiger partial charge in [-0.2, -0.15) is 4.98 Å². The highest BCUT2D eigenvalue weighted by Crippen LogP contribution is 2.47. The Morgan fingerprint density at radius 1 is 1.29 bits per heavy atom. The molecule has 0 amide bonds. The molecule has 1 aromatic carbocycles. The van der Waals surface area contributed by atoms with Gasteiger partial charge in [0.05, 0.1) is 11.5 Å². The molecule has 112 valence electrons. The van der Waals surface area contributed by atoms with Crippen LogP contribution in [0.2, 0.25) is 0 Å². The normalized spacial score (nSPS) is 19.8. The molecule has 21 heavy (non-hydrogen) atoms. The number of hydrogen-bond donors (Lipinski definition) is 1. The molecule has 0 radical (unpaired) electrons. The first kappa shape index (κ1) is 14.3. The van der Waals surface area contributed by atoms with Gasteiger partial charge in [-0.3, -0.25) is 0 Å². The van der Waals surface area contributed by atoms with Crippen LogP contribution in [0.3, 0.4) is 0 Å². The smallest absolute Gasteiger partial charge is 0.243 e. The molecule has 1 saturated carbocycles. The summed E-state index contributed by atoms with van der Waals surface area (Å²) in [5.74, 6) is 1.71. The van der Waals surface area contributed by atoms with E-state index in [1.165, 1.54) is 12.0 Å². The van der Waals surface area contributed by atoms with E-state index in [1.807, 2.05) is 6.07 Å². The van der Waals surface area contributed by atoms with E-state index in [1.54, 1.807) is 0 Å². The highest BCUT2D eigenvalue weighted by molar-refractivity contribution is 5.35. The molecule has 3 rings (SSSR count). The van der Waals surface area contributed by atoms with Crippen molar-refractivity contribution in [2.75, 3.05) is 0 Å². The molecule has 1 fully saturated rings. The number of hydrogen-bond acceptors (Lipinski definition) is 4. The lowest BCUT2D eigenvalue weighted by atomic mass is 9.64. The second-order valence-electron chi connectivity index (χ2n) is 6.17. The topological polar surface area (TPSA) is 64.9 Å². The lowest BCUT2D eigenvalue weighted by molar-refractivity contribution is 0.266. The van der Waals surface area contributed by atoms with Crippen LogP contribution in [0.25, 0.3) is 0 Å². The van der Waals surface area contributed by atoms with E-state index in [4.69, 9.17) is 10.3 Å². The molecule has 1 aliphatic carbocycles. The molecule has 0 spiro atoms. The van der Waals surface area contributed by atoms with Crippen molar-refractivity contribution in [3.05, 3.63) is 47.6 Å². The third-order valence-corrected chi connectivity index (χ3v) is 4.95. The quantitative estimate of drug-likeness (QED) is 0.911. The lowest BCUT2D eigenvalue weighted by Gasteiger charge is -2.39. The first-order chi connectivity index (χ1) is 10.2. The Balaban J connectivity index is 1.91. The van der Waals surface area contributed by atoms with Gasteiger partial charge in [-0.05, 0) is 24.3 Å². The maximum Gasteiger partial charge on any atom is 0.243 e. The van der Waals surface area contributed by atoms with Crippen LogP contribution in [0.4, 0.5) is 0 Å². The largest absolute Gasteiger partial charge is 0.338 e. The lowest BCUT2D eigenvalue weighted by Crippen LogP contribution is -2.36. The zero-order valence-corrected chi connectivity index (χ0v) is 12.7. The summed E-state index contributed by atoms with van der Waals surface area (Å²) in [6.07, 6.45) is 4.36. The number of nitrogens with two attached hydrogens (primary N) is 1. The number of rotatable bonds is 5. The molecule has 2 N–H and O–H groups in total. The predicted octanol–water partition coefficient (Wildman–Crippen LogP) is 3.59. The van der Waals surface area contributed by atoms with Crippen molar-refractivity contribution in [3.8, 4) is 0 Å². The summed E-state index contributed by atoms with van der Waals surface area (Å²) in [5, 5.41) is 4.26. The van der Waals surface area contributed by atoms with Crippen molar-refractivity contribution in [2.45, 2.75) is 51.0 Å². The second-order valence-corrected chi connectivity index (χ2v) is 6.17. The Morgan fingerprint density at radius 3 is 2.57 bits per heavy atom. The molecule has 1 aromatic heterocycles. The molecule has 0 aliphatic heterocycles. The highest BCUT2D eigenvalue weighted by Gasteiger charge is 2.44. The van der Waals surface area contributed by atoms with Gasteiger partial charge in [-0.1, -0.05) is 62.2 Å². The molecule has 2 aromatic rings. The van der Waals surface area contributed by atoms with E-state index in [2.05, 4.69) is 48.3 Å². The van der Waals surface area contributed by atoms with Crippen LogP contribution >= 0.6 is 0 Å². The number of benzene rings is 1. The zero-order chi connectivity index (χ0) is 14.9. The van der Waals surface area contributed by atoms with Gasteiger partial charge in [0, 0.05) is 0 Å². The zero-order valence-electron chi connectivity index (χ0n) is 12.7. The van der Waals surface area contributed by atoms with Crippen LogP contribution in [0, 0.1) is 5.92 Å². The van der Waals surface area contributed by atoms with Crippen LogP contribution in [-0.2, 0) is 5.41 Å². The fraction of sp³-hybridized carbons (Fsp3) is 0.529. The van der Waals surface area contributed by atoms with E-state index >= 15 is 0 Å². The maximum atomic E-state index is 6.21. The molecule has 4 heteroatoms. The van der Waals surface area contributed by atoms with Crippen molar-refractivity contribution in [1.82, 2.24) is 10.1 Å². The fourth-order valence-corrected chi connectivity index (χ4v) is 2.99. The Kier molecular flexibility index (Phi) is 3.81. The molecule has 0 bridgehead atoms. The van der Waals surface area contributed by atoms with Gasteiger partial charge < -0.3 is 10.3 Å². The summed E-state index contributed by atoms with van der Waals surface area (Å²) >= 11 is 0. The van der Waals surface area contributed by atoms with Crippen molar-refractivity contribution in [3.63, 3.8) is 0 Å². The summed E-state index contributed by atoms with van der Waals surface area (Å²) in [6, 6.07) is 10.3. The Labute approximate surface area is 125 Å². The van der Waals surface area contributed by atoms with Gasteiger partial charge >= 0.3 is 0 Å². The monoisotopic (exact) mass is 285 g/mol. The van der Waals surface area contributed by atoms with E-state index in [-0.39, 0.29) is 11.5 Å². The van der Waals surface area contributed by atoms with Gasteiger partial charge in [0.25, 0.3) is 0 Å². The maximum absolute atomic E-state index is 6.21. The van der Waals surface area contributed by atoms with E-state index in [0.717, 1.165) is 25.1 Å². The molecule has 2 unspecified atom stereocenters. The summed E-state index contributed by atoms with van der Waals surface area (Å²) in [4.78, 5) is 4.65. The number of nitrogens with zero attached hydrogens (tertiary/aromatic N) is 2. The van der Waals surface area contributed by atoms with Gasteiger partial charge in [-0.15, -0.1) is 0 Å². The third-order valence-electron chi connectivity index (χ3n) is 4.95. The average molecular weight is 285 g/mol. The van der Waals surface area contributed by atoms with Crippen molar-refractivity contribution in [1.29, 1.82) is 0 Å². The van der Waals surface area contributed by atoms with Gasteiger partial charge in [0.15, 0.2) is 5.82 Å². The molecular formula is C17H23N3O. The van der Waals surface area contributed by atoms with E-state index in [9.17, 15) is 0 Å². The molecule has 0 saturated heterocycles. The Morgan fingerprint density at radius 2 is 2.00 bits per heavy atom. The van der Waals surface area contributed by atoms with Crippen LogP contribution < -0.4 is 5.73 Å². The first-order valence-electron chi connectivity index (χ1n) is 7.82. The van der Waals surface area contributed by atoms with Gasteiger partial charge in [-0.25, -0.2) is 0 Å². The molecule has 1 heterocycles. The van der Waals surface area contributed by atoms with Crippen LogP contribution in [0.1, 0.15) is 62.9 Å². The Hall–Kier alpha value is -1.68. The first-order valence-corrected chi connectivity index (χ1v) is 7.82. The SMILES string of the molecule is CCC(C)C(N)c1nc(C2(c3ccccc3)CCC2)no1. The third kappa shape index (κ3) is 2.38. The predicted molar refractivity (Wildman–Crippen MR) is 81.8 cm³/mol. The van der Waals surface area contributed by atoms with Gasteiger partial charge in [0.1, 0.15) is 0 Å². The summed E-state index contributed by atoms with van der Waals surface area (Å²) in [6.45, 7) is 4.24. The van der Waals surface area contributed by atoms with Crippen LogP contribution in [0.5, 0.6) is 0 Å². The van der Waals surface area contributed by atoms with E-state index in [0.29, 0.717) is 11.8 Å². The van der Waals surface area contributed by atoms with Gasteiger partial charge in [0.2, 0.25) is 5.89 Å². The molecular weight excluding hydrogens is 262 g/mol. The summed E-state index contributed by atoms with van der Waals surface area (Å²) in [5.41, 5.74) is 7.41. The Bertz CT molecular complexity index is 589. The van der Waals surface area contributed by atoms with Crippen LogP contribution in [-0.4, -0.2) is 10.1 Å². The molecule has 4 nitrogen and oxygen atoms in total. The highest BCUT2D eigenvalue weighted by atomic mass is 16.5. The standard InChI is InChI=1S/C17H23N3O/c1-3-12(2)14(18)15-19-16(20-21-15)17(10-7-11-17)13-8-5-4-6-9-13/h4-6,8-9,12,14H,3,7,10-11,18H2,1-2H3. The summed E-state index contributed by atoms with van der Waals surface area (Å²) in [7, 11) is 0.